The minimum absolute atomic E-state index is 0.186. The van der Waals surface area contributed by atoms with Crippen LogP contribution in [0.25, 0.3) is 22.3 Å². The first-order chi connectivity index (χ1) is 12.7. The maximum Gasteiger partial charge on any atom is 0.123 e. The summed E-state index contributed by atoms with van der Waals surface area (Å²) in [6.07, 6.45) is 9.17. The molecule has 0 aromatic heterocycles. The molecule has 1 aliphatic rings. The second-order valence-electron chi connectivity index (χ2n) is 6.53. The van der Waals surface area contributed by atoms with Crippen molar-refractivity contribution >= 4 is 0 Å². The summed E-state index contributed by atoms with van der Waals surface area (Å²) in [6, 6.07) is 21.2. The highest BCUT2D eigenvalue weighted by Gasteiger charge is 2.15. The number of hydrogen-bond acceptors (Lipinski definition) is 2. The van der Waals surface area contributed by atoms with Gasteiger partial charge >= 0.3 is 0 Å². The molecule has 4 rings (SSSR count). The van der Waals surface area contributed by atoms with Gasteiger partial charge < -0.3 is 10.2 Å². The summed E-state index contributed by atoms with van der Waals surface area (Å²) in [5.74, 6) is 0.769. The molecule has 1 atom stereocenters. The number of rotatable bonds is 3. The van der Waals surface area contributed by atoms with Crippen LogP contribution in [0, 0.1) is 0 Å². The van der Waals surface area contributed by atoms with E-state index >= 15 is 0 Å². The number of phenolic OH excluding ortho intramolecular Hbond substituents is 2. The first kappa shape index (κ1) is 16.2. The zero-order chi connectivity index (χ0) is 17.9. The highest BCUT2D eigenvalue weighted by atomic mass is 16.3. The van der Waals surface area contributed by atoms with Gasteiger partial charge in [-0.2, -0.15) is 0 Å². The normalized spacial score (nSPS) is 15.9. The van der Waals surface area contributed by atoms with Gasteiger partial charge in [-0.3, -0.25) is 0 Å². The van der Waals surface area contributed by atoms with Crippen LogP contribution in [0.15, 0.2) is 91.0 Å². The van der Waals surface area contributed by atoms with Crippen molar-refractivity contribution in [1.82, 2.24) is 0 Å². The molecule has 128 valence electrons. The number of phenols is 2. The van der Waals surface area contributed by atoms with Crippen molar-refractivity contribution in [3.05, 3.63) is 96.6 Å². The highest BCUT2D eigenvalue weighted by Crippen LogP contribution is 2.37. The van der Waals surface area contributed by atoms with E-state index in [4.69, 9.17) is 0 Å². The second kappa shape index (κ2) is 6.93. The SMILES string of the molecule is Oc1ccc(-c2ccc(O)c(C3C=CC=CC3)c2)cc1-c1ccccc1. The summed E-state index contributed by atoms with van der Waals surface area (Å²) in [7, 11) is 0. The molecule has 3 aromatic carbocycles. The van der Waals surface area contributed by atoms with Gasteiger partial charge in [-0.1, -0.05) is 66.8 Å². The molecule has 0 radical (unpaired) electrons. The van der Waals surface area contributed by atoms with Gasteiger partial charge in [0.1, 0.15) is 11.5 Å². The fraction of sp³-hybridized carbons (Fsp3) is 0.0833. The lowest BCUT2D eigenvalue weighted by Crippen LogP contribution is -1.97. The Morgan fingerprint density at radius 2 is 1.42 bits per heavy atom. The van der Waals surface area contributed by atoms with Gasteiger partial charge in [-0.25, -0.2) is 0 Å². The number of allylic oxidation sites excluding steroid dienone is 4. The Morgan fingerprint density at radius 1 is 0.692 bits per heavy atom. The molecule has 0 spiro atoms. The molecule has 2 heteroatoms. The number of hydrogen-bond donors (Lipinski definition) is 2. The molecule has 1 unspecified atom stereocenters. The van der Waals surface area contributed by atoms with E-state index in [2.05, 4.69) is 12.2 Å². The van der Waals surface area contributed by atoms with Crippen LogP contribution in [0.5, 0.6) is 11.5 Å². The van der Waals surface area contributed by atoms with E-state index in [1.54, 1.807) is 12.1 Å². The summed E-state index contributed by atoms with van der Waals surface area (Å²) < 4.78 is 0. The largest absolute Gasteiger partial charge is 0.508 e. The highest BCUT2D eigenvalue weighted by molar-refractivity contribution is 5.78. The summed E-state index contributed by atoms with van der Waals surface area (Å²) in [5, 5.41) is 20.6. The molecule has 3 aromatic rings. The molecule has 0 fully saturated rings. The fourth-order valence-corrected chi connectivity index (χ4v) is 3.41. The predicted molar refractivity (Wildman–Crippen MR) is 106 cm³/mol. The van der Waals surface area contributed by atoms with Crippen LogP contribution in [0.1, 0.15) is 17.9 Å². The lowest BCUT2D eigenvalue weighted by Gasteiger charge is -2.17. The van der Waals surface area contributed by atoms with Crippen molar-refractivity contribution in [2.24, 2.45) is 0 Å². The van der Waals surface area contributed by atoms with E-state index < -0.39 is 0 Å². The minimum atomic E-state index is 0.186. The first-order valence-electron chi connectivity index (χ1n) is 8.77. The third-order valence-corrected chi connectivity index (χ3v) is 4.82. The monoisotopic (exact) mass is 340 g/mol. The molecule has 0 saturated carbocycles. The van der Waals surface area contributed by atoms with Gasteiger partial charge in [0.15, 0.2) is 0 Å². The first-order valence-corrected chi connectivity index (χ1v) is 8.77. The smallest absolute Gasteiger partial charge is 0.123 e. The molecule has 2 nitrogen and oxygen atoms in total. The Kier molecular flexibility index (Phi) is 4.32. The van der Waals surface area contributed by atoms with Gasteiger partial charge in [-0.05, 0) is 47.4 Å². The Balaban J connectivity index is 1.76. The summed E-state index contributed by atoms with van der Waals surface area (Å²) in [4.78, 5) is 0. The van der Waals surface area contributed by atoms with Crippen LogP contribution in [0.3, 0.4) is 0 Å². The molecular weight excluding hydrogens is 320 g/mol. The van der Waals surface area contributed by atoms with Gasteiger partial charge in [0.2, 0.25) is 0 Å². The Morgan fingerprint density at radius 3 is 2.15 bits per heavy atom. The zero-order valence-electron chi connectivity index (χ0n) is 14.3. The Hall–Kier alpha value is -3.26. The molecule has 0 amide bonds. The lowest BCUT2D eigenvalue weighted by molar-refractivity contribution is 0.465. The molecule has 1 aliphatic carbocycles. The molecule has 26 heavy (non-hydrogen) atoms. The molecular formula is C24H20O2. The van der Waals surface area contributed by atoms with E-state index in [9.17, 15) is 10.2 Å². The van der Waals surface area contributed by atoms with Crippen LogP contribution < -0.4 is 0 Å². The van der Waals surface area contributed by atoms with Crippen LogP contribution >= 0.6 is 0 Å². The predicted octanol–water partition coefficient (Wildman–Crippen LogP) is 6.03. The van der Waals surface area contributed by atoms with Gasteiger partial charge in [0, 0.05) is 17.0 Å². The van der Waals surface area contributed by atoms with Crippen molar-refractivity contribution in [2.75, 3.05) is 0 Å². The average Bonchev–Trinajstić information content (AvgIpc) is 2.70. The number of benzene rings is 3. The van der Waals surface area contributed by atoms with E-state index in [0.29, 0.717) is 5.75 Å². The quantitative estimate of drug-likeness (QED) is 0.611. The van der Waals surface area contributed by atoms with Crippen molar-refractivity contribution in [3.63, 3.8) is 0 Å². The molecule has 0 aliphatic heterocycles. The average molecular weight is 340 g/mol. The van der Waals surface area contributed by atoms with E-state index in [-0.39, 0.29) is 11.7 Å². The third kappa shape index (κ3) is 3.14. The second-order valence-corrected chi connectivity index (χ2v) is 6.53. The summed E-state index contributed by atoms with van der Waals surface area (Å²) in [5.41, 5.74) is 4.75. The summed E-state index contributed by atoms with van der Waals surface area (Å²) >= 11 is 0. The van der Waals surface area contributed by atoms with Crippen molar-refractivity contribution in [2.45, 2.75) is 12.3 Å². The topological polar surface area (TPSA) is 40.5 Å². The van der Waals surface area contributed by atoms with Crippen molar-refractivity contribution in [3.8, 4) is 33.8 Å². The maximum absolute atomic E-state index is 10.3. The van der Waals surface area contributed by atoms with Crippen molar-refractivity contribution < 1.29 is 10.2 Å². The standard InChI is InChI=1S/C24H20O2/c25-23-13-11-19(15-21(23)17-7-3-1-4-8-17)20-12-14-24(26)22(16-20)18-9-5-2-6-10-18/h1-9,11-16,18,25-26H,10H2. The van der Waals surface area contributed by atoms with Gasteiger partial charge in [-0.15, -0.1) is 0 Å². The molecule has 0 heterocycles. The summed E-state index contributed by atoms with van der Waals surface area (Å²) in [6.45, 7) is 0. The van der Waals surface area contributed by atoms with Crippen LogP contribution in [0.4, 0.5) is 0 Å². The van der Waals surface area contributed by atoms with Crippen LogP contribution in [-0.4, -0.2) is 10.2 Å². The van der Waals surface area contributed by atoms with E-state index in [0.717, 1.165) is 34.2 Å². The minimum Gasteiger partial charge on any atom is -0.508 e. The fourth-order valence-electron chi connectivity index (χ4n) is 3.41. The van der Waals surface area contributed by atoms with Crippen LogP contribution in [-0.2, 0) is 0 Å². The molecule has 0 bridgehead atoms. The third-order valence-electron chi connectivity index (χ3n) is 4.82. The molecule has 2 N–H and O–H groups in total. The zero-order valence-corrected chi connectivity index (χ0v) is 14.3. The number of aromatic hydroxyl groups is 2. The van der Waals surface area contributed by atoms with Crippen molar-refractivity contribution in [1.29, 1.82) is 0 Å². The Bertz CT molecular complexity index is 984. The van der Waals surface area contributed by atoms with Crippen LogP contribution in [0.2, 0.25) is 0 Å². The lowest BCUT2D eigenvalue weighted by atomic mass is 9.89. The van der Waals surface area contributed by atoms with Gasteiger partial charge in [0.25, 0.3) is 0 Å². The maximum atomic E-state index is 10.3. The van der Waals surface area contributed by atoms with E-state index in [1.165, 1.54) is 0 Å². The molecule has 0 saturated heterocycles. The Labute approximate surface area is 153 Å². The van der Waals surface area contributed by atoms with E-state index in [1.807, 2.05) is 66.7 Å². The van der Waals surface area contributed by atoms with Gasteiger partial charge in [0.05, 0.1) is 0 Å².